The van der Waals surface area contributed by atoms with E-state index in [1.165, 1.54) is 18.7 Å². The Hall–Kier alpha value is -3.46. The molecule has 0 bridgehead atoms. The van der Waals surface area contributed by atoms with Gasteiger partial charge in [0.05, 0.1) is 7.11 Å². The molecule has 0 aliphatic rings. The fourth-order valence-corrected chi connectivity index (χ4v) is 3.40. The number of amides is 1. The molecule has 0 radical (unpaired) electrons. The molecule has 3 aromatic rings. The van der Waals surface area contributed by atoms with Crippen LogP contribution in [-0.4, -0.2) is 13.0 Å². The monoisotopic (exact) mass is 466 g/mol. The van der Waals surface area contributed by atoms with Gasteiger partial charge in [-0.3, -0.25) is 4.79 Å². The highest BCUT2D eigenvalue weighted by atomic mass is 35.5. The molecule has 3 rings (SSSR count). The maximum Gasteiger partial charge on any atom is 0.266 e. The standard InChI is InChI=1S/C25H20Cl2N2O3/c1-16-3-5-17(6-4-16)15-32-23-8-7-18(10-24(23)31-2)9-19(14-28)25(30)29-22-12-20(26)11-21(27)13-22/h3-13H,15H2,1-2H3,(H,29,30)/b19-9+. The zero-order valence-corrected chi connectivity index (χ0v) is 19.0. The average molecular weight is 467 g/mol. The fourth-order valence-electron chi connectivity index (χ4n) is 2.88. The summed E-state index contributed by atoms with van der Waals surface area (Å²) < 4.78 is 11.3. The van der Waals surface area contributed by atoms with E-state index < -0.39 is 5.91 Å². The lowest BCUT2D eigenvalue weighted by molar-refractivity contribution is -0.112. The second-order valence-corrected chi connectivity index (χ2v) is 7.84. The molecule has 0 unspecified atom stereocenters. The van der Waals surface area contributed by atoms with E-state index >= 15 is 0 Å². The molecule has 7 heteroatoms. The van der Waals surface area contributed by atoms with Crippen LogP contribution < -0.4 is 14.8 Å². The van der Waals surface area contributed by atoms with Gasteiger partial charge in [-0.15, -0.1) is 0 Å². The molecule has 162 valence electrons. The Morgan fingerprint density at radius 3 is 2.34 bits per heavy atom. The van der Waals surface area contributed by atoms with Gasteiger partial charge in [-0.25, -0.2) is 0 Å². The summed E-state index contributed by atoms with van der Waals surface area (Å²) in [7, 11) is 1.53. The number of nitrogens with one attached hydrogen (secondary N) is 1. The number of nitriles is 1. The maximum atomic E-state index is 12.5. The fraction of sp³-hybridized carbons (Fsp3) is 0.120. The summed E-state index contributed by atoms with van der Waals surface area (Å²) in [6.45, 7) is 2.42. The van der Waals surface area contributed by atoms with Crippen LogP contribution in [-0.2, 0) is 11.4 Å². The van der Waals surface area contributed by atoms with Crippen molar-refractivity contribution in [2.75, 3.05) is 12.4 Å². The number of benzene rings is 3. The first-order chi connectivity index (χ1) is 15.4. The highest BCUT2D eigenvalue weighted by Crippen LogP contribution is 2.30. The molecular weight excluding hydrogens is 447 g/mol. The van der Waals surface area contributed by atoms with Gasteiger partial charge in [0, 0.05) is 15.7 Å². The molecule has 0 aromatic heterocycles. The van der Waals surface area contributed by atoms with Crippen molar-refractivity contribution in [2.24, 2.45) is 0 Å². The van der Waals surface area contributed by atoms with Crippen LogP contribution in [0.3, 0.4) is 0 Å². The zero-order valence-electron chi connectivity index (χ0n) is 17.5. The van der Waals surface area contributed by atoms with E-state index in [1.807, 2.05) is 37.3 Å². The second kappa shape index (κ2) is 10.7. The molecule has 3 aromatic carbocycles. The molecule has 1 N–H and O–H groups in total. The Bertz CT molecular complexity index is 1180. The lowest BCUT2D eigenvalue weighted by Crippen LogP contribution is -2.13. The minimum absolute atomic E-state index is 0.0866. The third kappa shape index (κ3) is 6.27. The van der Waals surface area contributed by atoms with Crippen LogP contribution in [0.15, 0.2) is 66.2 Å². The van der Waals surface area contributed by atoms with Gasteiger partial charge >= 0.3 is 0 Å². The number of halogens is 2. The third-order valence-corrected chi connectivity index (χ3v) is 4.94. The van der Waals surface area contributed by atoms with Gasteiger partial charge in [0.15, 0.2) is 11.5 Å². The third-order valence-electron chi connectivity index (χ3n) is 4.50. The van der Waals surface area contributed by atoms with Crippen molar-refractivity contribution < 1.29 is 14.3 Å². The van der Waals surface area contributed by atoms with Crippen molar-refractivity contribution in [3.63, 3.8) is 0 Å². The van der Waals surface area contributed by atoms with Crippen molar-refractivity contribution >= 4 is 40.9 Å². The number of aryl methyl sites for hydroxylation is 1. The van der Waals surface area contributed by atoms with E-state index in [9.17, 15) is 10.1 Å². The summed E-state index contributed by atoms with van der Waals surface area (Å²) in [5.41, 5.74) is 3.13. The van der Waals surface area contributed by atoms with E-state index in [1.54, 1.807) is 36.4 Å². The first kappa shape index (κ1) is 23.2. The highest BCUT2D eigenvalue weighted by molar-refractivity contribution is 6.35. The van der Waals surface area contributed by atoms with Crippen molar-refractivity contribution in [1.29, 1.82) is 5.26 Å². The zero-order chi connectivity index (χ0) is 23.1. The predicted octanol–water partition coefficient (Wildman–Crippen LogP) is 6.44. The first-order valence-electron chi connectivity index (χ1n) is 9.63. The summed E-state index contributed by atoms with van der Waals surface area (Å²) in [6.07, 6.45) is 1.47. The Kier molecular flexibility index (Phi) is 7.77. The molecular formula is C25H20Cl2N2O3. The molecule has 0 atom stereocenters. The predicted molar refractivity (Wildman–Crippen MR) is 127 cm³/mol. The van der Waals surface area contributed by atoms with Gasteiger partial charge in [-0.2, -0.15) is 5.26 Å². The number of anilines is 1. The van der Waals surface area contributed by atoms with E-state index in [0.717, 1.165) is 5.56 Å². The number of ether oxygens (including phenoxy) is 2. The molecule has 32 heavy (non-hydrogen) atoms. The lowest BCUT2D eigenvalue weighted by Gasteiger charge is -2.12. The highest BCUT2D eigenvalue weighted by Gasteiger charge is 2.12. The topological polar surface area (TPSA) is 71.3 Å². The van der Waals surface area contributed by atoms with E-state index in [0.29, 0.717) is 39.4 Å². The van der Waals surface area contributed by atoms with Gasteiger partial charge in [0.2, 0.25) is 0 Å². The summed E-state index contributed by atoms with van der Waals surface area (Å²) in [5.74, 6) is 0.469. The molecule has 0 spiro atoms. The second-order valence-electron chi connectivity index (χ2n) is 6.97. The summed E-state index contributed by atoms with van der Waals surface area (Å²) >= 11 is 11.9. The minimum Gasteiger partial charge on any atom is -0.493 e. The van der Waals surface area contributed by atoms with Crippen molar-refractivity contribution in [3.05, 3.63) is 93.0 Å². The van der Waals surface area contributed by atoms with Crippen molar-refractivity contribution in [3.8, 4) is 17.6 Å². The van der Waals surface area contributed by atoms with Crippen LogP contribution in [0.25, 0.3) is 6.08 Å². The van der Waals surface area contributed by atoms with Crippen LogP contribution in [0, 0.1) is 18.3 Å². The average Bonchev–Trinajstić information content (AvgIpc) is 2.76. The molecule has 0 heterocycles. The number of carbonyl (C=O) groups excluding carboxylic acids is 1. The molecule has 0 fully saturated rings. The Balaban J connectivity index is 1.76. The van der Waals surface area contributed by atoms with Crippen molar-refractivity contribution in [2.45, 2.75) is 13.5 Å². The molecule has 0 aliphatic heterocycles. The minimum atomic E-state index is -0.579. The van der Waals surface area contributed by atoms with Crippen LogP contribution in [0.1, 0.15) is 16.7 Å². The van der Waals surface area contributed by atoms with E-state index in [2.05, 4.69) is 5.32 Å². The quantitative estimate of drug-likeness (QED) is 0.321. The van der Waals surface area contributed by atoms with Crippen LogP contribution in [0.2, 0.25) is 10.0 Å². The van der Waals surface area contributed by atoms with Crippen molar-refractivity contribution in [1.82, 2.24) is 0 Å². The molecule has 5 nitrogen and oxygen atoms in total. The van der Waals surface area contributed by atoms with Gasteiger partial charge in [0.1, 0.15) is 18.2 Å². The number of nitrogens with zero attached hydrogens (tertiary/aromatic N) is 1. The SMILES string of the molecule is COc1cc(/C=C(\C#N)C(=O)Nc2cc(Cl)cc(Cl)c2)ccc1OCc1ccc(C)cc1. The summed E-state index contributed by atoms with van der Waals surface area (Å²) in [4.78, 5) is 12.5. The van der Waals surface area contributed by atoms with Crippen LogP contribution in [0.5, 0.6) is 11.5 Å². The number of hydrogen-bond donors (Lipinski definition) is 1. The smallest absolute Gasteiger partial charge is 0.266 e. The number of carbonyl (C=O) groups is 1. The van der Waals surface area contributed by atoms with Gasteiger partial charge in [-0.1, -0.05) is 59.1 Å². The first-order valence-corrected chi connectivity index (χ1v) is 10.4. The Morgan fingerprint density at radius 2 is 1.72 bits per heavy atom. The largest absolute Gasteiger partial charge is 0.493 e. The van der Waals surface area contributed by atoms with Gasteiger partial charge < -0.3 is 14.8 Å². The van der Waals surface area contributed by atoms with E-state index in [4.69, 9.17) is 32.7 Å². The van der Waals surface area contributed by atoms with E-state index in [-0.39, 0.29) is 5.57 Å². The van der Waals surface area contributed by atoms with Gasteiger partial charge in [0.25, 0.3) is 5.91 Å². The Labute approximate surface area is 196 Å². The Morgan fingerprint density at radius 1 is 1.03 bits per heavy atom. The summed E-state index contributed by atoms with van der Waals surface area (Å²) in [6, 6.07) is 19.8. The molecule has 0 saturated carbocycles. The lowest BCUT2D eigenvalue weighted by atomic mass is 10.1. The number of rotatable bonds is 7. The normalized spacial score (nSPS) is 10.9. The summed E-state index contributed by atoms with van der Waals surface area (Å²) in [5, 5.41) is 12.8. The molecule has 0 saturated heterocycles. The molecule has 0 aliphatic carbocycles. The number of methoxy groups -OCH3 is 1. The number of hydrogen-bond acceptors (Lipinski definition) is 4. The van der Waals surface area contributed by atoms with Crippen LogP contribution >= 0.6 is 23.2 Å². The van der Waals surface area contributed by atoms with Crippen LogP contribution in [0.4, 0.5) is 5.69 Å². The maximum absolute atomic E-state index is 12.5. The molecule has 1 amide bonds. The van der Waals surface area contributed by atoms with Gasteiger partial charge in [-0.05, 0) is 54.5 Å².